The van der Waals surface area contributed by atoms with Crippen LogP contribution in [0.3, 0.4) is 0 Å². The maximum Gasteiger partial charge on any atom is 0.227 e. The summed E-state index contributed by atoms with van der Waals surface area (Å²) >= 11 is 0. The standard InChI is InChI=1S/C13H24N2O/c1-3-13(5-4-6-14-9-13)12(16)15-8-11-7-10(11)2/h10-11,14H,3-9H2,1-2H3,(H,15,16). The molecule has 1 amide bonds. The minimum Gasteiger partial charge on any atom is -0.355 e. The van der Waals surface area contributed by atoms with Gasteiger partial charge in [-0.25, -0.2) is 0 Å². The summed E-state index contributed by atoms with van der Waals surface area (Å²) in [6.07, 6.45) is 4.41. The van der Waals surface area contributed by atoms with Gasteiger partial charge in [0.1, 0.15) is 0 Å². The molecule has 2 N–H and O–H groups in total. The molecule has 92 valence electrons. The van der Waals surface area contributed by atoms with Crippen LogP contribution in [0.4, 0.5) is 0 Å². The number of amides is 1. The molecular formula is C13H24N2O. The van der Waals surface area contributed by atoms with Gasteiger partial charge in [-0.15, -0.1) is 0 Å². The van der Waals surface area contributed by atoms with Gasteiger partial charge in [0, 0.05) is 13.1 Å². The first-order valence-corrected chi connectivity index (χ1v) is 6.67. The molecule has 0 bridgehead atoms. The second-order valence-electron chi connectivity index (χ2n) is 5.60. The van der Waals surface area contributed by atoms with Gasteiger partial charge in [0.25, 0.3) is 0 Å². The van der Waals surface area contributed by atoms with E-state index in [0.29, 0.717) is 0 Å². The van der Waals surface area contributed by atoms with E-state index in [1.165, 1.54) is 6.42 Å². The minimum atomic E-state index is -0.129. The van der Waals surface area contributed by atoms with Gasteiger partial charge < -0.3 is 10.6 Å². The van der Waals surface area contributed by atoms with Crippen molar-refractivity contribution in [2.75, 3.05) is 19.6 Å². The van der Waals surface area contributed by atoms with Crippen molar-refractivity contribution in [3.63, 3.8) is 0 Å². The highest BCUT2D eigenvalue weighted by Crippen LogP contribution is 2.37. The molecule has 3 atom stereocenters. The summed E-state index contributed by atoms with van der Waals surface area (Å²) in [5, 5.41) is 6.52. The minimum absolute atomic E-state index is 0.129. The van der Waals surface area contributed by atoms with E-state index in [2.05, 4.69) is 24.5 Å². The molecule has 1 saturated heterocycles. The fourth-order valence-corrected chi connectivity index (χ4v) is 2.72. The SMILES string of the molecule is CCC1(C(=O)NCC2CC2C)CCCNC1. The van der Waals surface area contributed by atoms with Gasteiger partial charge in [-0.2, -0.15) is 0 Å². The number of piperidine rings is 1. The lowest BCUT2D eigenvalue weighted by Gasteiger charge is -2.35. The van der Waals surface area contributed by atoms with Gasteiger partial charge >= 0.3 is 0 Å². The van der Waals surface area contributed by atoms with Crippen LogP contribution < -0.4 is 10.6 Å². The van der Waals surface area contributed by atoms with Crippen molar-refractivity contribution >= 4 is 5.91 Å². The second kappa shape index (κ2) is 4.74. The fourth-order valence-electron chi connectivity index (χ4n) is 2.72. The van der Waals surface area contributed by atoms with Crippen LogP contribution in [0.5, 0.6) is 0 Å². The molecule has 1 aliphatic heterocycles. The van der Waals surface area contributed by atoms with Gasteiger partial charge in [0.2, 0.25) is 5.91 Å². The van der Waals surface area contributed by atoms with Crippen LogP contribution in [0.2, 0.25) is 0 Å². The first-order valence-electron chi connectivity index (χ1n) is 6.67. The zero-order chi connectivity index (χ0) is 11.6. The Hall–Kier alpha value is -0.570. The van der Waals surface area contributed by atoms with Crippen molar-refractivity contribution in [3.05, 3.63) is 0 Å². The first-order chi connectivity index (χ1) is 7.68. The topological polar surface area (TPSA) is 41.1 Å². The van der Waals surface area contributed by atoms with Gasteiger partial charge in [-0.3, -0.25) is 4.79 Å². The Labute approximate surface area is 98.4 Å². The quantitative estimate of drug-likeness (QED) is 0.760. The molecule has 3 heteroatoms. The summed E-state index contributed by atoms with van der Waals surface area (Å²) in [5.41, 5.74) is -0.129. The molecule has 0 radical (unpaired) electrons. The molecule has 0 aromatic rings. The maximum atomic E-state index is 12.2. The van der Waals surface area contributed by atoms with Gasteiger partial charge in [-0.1, -0.05) is 13.8 Å². The molecule has 0 aromatic carbocycles. The average molecular weight is 224 g/mol. The largest absolute Gasteiger partial charge is 0.355 e. The third-order valence-electron chi connectivity index (χ3n) is 4.43. The molecule has 2 fully saturated rings. The van der Waals surface area contributed by atoms with Gasteiger partial charge in [0.05, 0.1) is 5.41 Å². The number of nitrogens with one attached hydrogen (secondary N) is 2. The number of rotatable bonds is 4. The highest BCUT2D eigenvalue weighted by atomic mass is 16.2. The molecule has 1 heterocycles. The van der Waals surface area contributed by atoms with Crippen molar-refractivity contribution in [1.29, 1.82) is 0 Å². The molecular weight excluding hydrogens is 200 g/mol. The summed E-state index contributed by atoms with van der Waals surface area (Å²) in [5.74, 6) is 1.85. The molecule has 1 saturated carbocycles. The first kappa shape index (κ1) is 11.9. The Bertz CT molecular complexity index is 259. The van der Waals surface area contributed by atoms with E-state index < -0.39 is 0 Å². The van der Waals surface area contributed by atoms with E-state index in [-0.39, 0.29) is 11.3 Å². The second-order valence-corrected chi connectivity index (χ2v) is 5.60. The zero-order valence-corrected chi connectivity index (χ0v) is 10.5. The zero-order valence-electron chi connectivity index (χ0n) is 10.5. The van der Waals surface area contributed by atoms with Crippen LogP contribution in [-0.4, -0.2) is 25.5 Å². The molecule has 3 unspecified atom stereocenters. The Balaban J connectivity index is 1.84. The highest BCUT2D eigenvalue weighted by molar-refractivity contribution is 5.83. The smallest absolute Gasteiger partial charge is 0.227 e. The maximum absolute atomic E-state index is 12.2. The Morgan fingerprint density at radius 3 is 2.81 bits per heavy atom. The summed E-state index contributed by atoms with van der Waals surface area (Å²) in [4.78, 5) is 12.2. The van der Waals surface area contributed by atoms with Crippen LogP contribution in [0.1, 0.15) is 39.5 Å². The lowest BCUT2D eigenvalue weighted by molar-refractivity contribution is -0.132. The molecule has 16 heavy (non-hydrogen) atoms. The van der Waals surface area contributed by atoms with Crippen molar-refractivity contribution in [3.8, 4) is 0 Å². The molecule has 0 aromatic heterocycles. The van der Waals surface area contributed by atoms with Crippen LogP contribution in [0, 0.1) is 17.3 Å². The van der Waals surface area contributed by atoms with Crippen molar-refractivity contribution in [1.82, 2.24) is 10.6 Å². The Kier molecular flexibility index (Phi) is 3.53. The summed E-state index contributed by atoms with van der Waals surface area (Å²) in [6, 6.07) is 0. The van der Waals surface area contributed by atoms with E-state index in [1.807, 2.05) is 0 Å². The lowest BCUT2D eigenvalue weighted by atomic mass is 9.77. The average Bonchev–Trinajstić information content (AvgIpc) is 3.03. The number of hydrogen-bond acceptors (Lipinski definition) is 2. The predicted molar refractivity (Wildman–Crippen MR) is 65.1 cm³/mol. The lowest BCUT2D eigenvalue weighted by Crippen LogP contribution is -2.50. The van der Waals surface area contributed by atoms with Crippen molar-refractivity contribution in [2.24, 2.45) is 17.3 Å². The van der Waals surface area contributed by atoms with Crippen LogP contribution in [0.15, 0.2) is 0 Å². The summed E-state index contributed by atoms with van der Waals surface area (Å²) in [7, 11) is 0. The number of carbonyl (C=O) groups is 1. The monoisotopic (exact) mass is 224 g/mol. The molecule has 2 rings (SSSR count). The van der Waals surface area contributed by atoms with E-state index in [9.17, 15) is 4.79 Å². The van der Waals surface area contributed by atoms with Gasteiger partial charge in [-0.05, 0) is 44.1 Å². The van der Waals surface area contributed by atoms with Crippen LogP contribution in [0.25, 0.3) is 0 Å². The fraction of sp³-hybridized carbons (Fsp3) is 0.923. The van der Waals surface area contributed by atoms with Crippen molar-refractivity contribution in [2.45, 2.75) is 39.5 Å². The van der Waals surface area contributed by atoms with E-state index in [4.69, 9.17) is 0 Å². The van der Waals surface area contributed by atoms with E-state index in [1.54, 1.807) is 0 Å². The highest BCUT2D eigenvalue weighted by Gasteiger charge is 2.39. The summed E-state index contributed by atoms with van der Waals surface area (Å²) in [6.45, 7) is 7.20. The summed E-state index contributed by atoms with van der Waals surface area (Å²) < 4.78 is 0. The van der Waals surface area contributed by atoms with Crippen LogP contribution >= 0.6 is 0 Å². The van der Waals surface area contributed by atoms with E-state index >= 15 is 0 Å². The molecule has 2 aliphatic rings. The Morgan fingerprint density at radius 2 is 2.31 bits per heavy atom. The molecule has 0 spiro atoms. The predicted octanol–water partition coefficient (Wildman–Crippen LogP) is 1.54. The number of carbonyl (C=O) groups excluding carboxylic acids is 1. The third kappa shape index (κ3) is 2.40. The van der Waals surface area contributed by atoms with E-state index in [0.717, 1.165) is 50.7 Å². The molecule has 1 aliphatic carbocycles. The normalized spacial score (nSPS) is 38.1. The van der Waals surface area contributed by atoms with Crippen LogP contribution in [-0.2, 0) is 4.79 Å². The Morgan fingerprint density at radius 1 is 1.56 bits per heavy atom. The third-order valence-corrected chi connectivity index (χ3v) is 4.43. The molecule has 3 nitrogen and oxygen atoms in total. The van der Waals surface area contributed by atoms with Gasteiger partial charge in [0.15, 0.2) is 0 Å². The number of hydrogen-bond donors (Lipinski definition) is 2. The van der Waals surface area contributed by atoms with Crippen molar-refractivity contribution < 1.29 is 4.79 Å².